The monoisotopic (exact) mass is 324 g/mol. The fraction of sp³-hybridized carbons (Fsp3) is 0.368. The normalized spacial score (nSPS) is 11.8. The van der Waals surface area contributed by atoms with Gasteiger partial charge in [-0.2, -0.15) is 0 Å². The number of imidazole rings is 1. The number of anilines is 1. The quantitative estimate of drug-likeness (QED) is 0.743. The minimum atomic E-state index is -0.0597. The molecule has 0 bridgehead atoms. The summed E-state index contributed by atoms with van der Waals surface area (Å²) in [7, 11) is 0. The van der Waals surface area contributed by atoms with Crippen LogP contribution in [0.4, 0.5) is 5.69 Å². The lowest BCUT2D eigenvalue weighted by Gasteiger charge is -2.20. The van der Waals surface area contributed by atoms with Gasteiger partial charge >= 0.3 is 0 Å². The molecule has 5 nitrogen and oxygen atoms in total. The van der Waals surface area contributed by atoms with Crippen LogP contribution in [-0.4, -0.2) is 21.1 Å². The lowest BCUT2D eigenvalue weighted by atomic mass is 9.96. The van der Waals surface area contributed by atoms with Crippen LogP contribution in [0.15, 0.2) is 36.5 Å². The van der Waals surface area contributed by atoms with Crippen molar-refractivity contribution in [3.05, 3.63) is 47.9 Å². The largest absolute Gasteiger partial charge is 0.492 e. The standard InChI is InChI=1S/C19H24N4O/c1-13-11-16-17(21-12-13)23(18(22-16)19(2,3)4)9-10-24-15-7-5-14(20)6-8-15/h5-8,11-12H,9-10,20H2,1-4H3. The minimum absolute atomic E-state index is 0.0597. The zero-order valence-corrected chi connectivity index (χ0v) is 14.7. The molecule has 0 saturated heterocycles. The number of nitrogen functional groups attached to an aromatic ring is 1. The van der Waals surface area contributed by atoms with Gasteiger partial charge in [0.1, 0.15) is 23.7 Å². The first kappa shape index (κ1) is 16.3. The molecule has 0 spiro atoms. The van der Waals surface area contributed by atoms with Gasteiger partial charge in [0, 0.05) is 17.3 Å². The number of hydrogen-bond donors (Lipinski definition) is 1. The SMILES string of the molecule is Cc1cnc2c(c1)nc(C(C)(C)C)n2CCOc1ccc(N)cc1. The number of pyridine rings is 1. The third kappa shape index (κ3) is 3.35. The van der Waals surface area contributed by atoms with E-state index in [1.807, 2.05) is 37.4 Å². The number of ether oxygens (including phenoxy) is 1. The fourth-order valence-electron chi connectivity index (χ4n) is 2.71. The van der Waals surface area contributed by atoms with Gasteiger partial charge in [0.2, 0.25) is 0 Å². The predicted octanol–water partition coefficient (Wildman–Crippen LogP) is 3.70. The minimum Gasteiger partial charge on any atom is -0.492 e. The highest BCUT2D eigenvalue weighted by atomic mass is 16.5. The maximum Gasteiger partial charge on any atom is 0.160 e. The summed E-state index contributed by atoms with van der Waals surface area (Å²) in [6.07, 6.45) is 1.88. The topological polar surface area (TPSA) is 66.0 Å². The second-order valence-electron chi connectivity index (χ2n) is 7.11. The van der Waals surface area contributed by atoms with Crippen molar-refractivity contribution in [1.82, 2.24) is 14.5 Å². The average molecular weight is 324 g/mol. The van der Waals surface area contributed by atoms with Crippen LogP contribution in [0.5, 0.6) is 5.75 Å². The van der Waals surface area contributed by atoms with E-state index < -0.39 is 0 Å². The Balaban J connectivity index is 1.85. The molecule has 2 aromatic heterocycles. The van der Waals surface area contributed by atoms with Gasteiger partial charge < -0.3 is 15.0 Å². The molecule has 0 atom stereocenters. The molecule has 126 valence electrons. The third-order valence-corrected chi connectivity index (χ3v) is 3.86. The van der Waals surface area contributed by atoms with E-state index in [1.54, 1.807) is 0 Å². The van der Waals surface area contributed by atoms with E-state index in [1.165, 1.54) is 0 Å². The molecule has 0 aliphatic carbocycles. The van der Waals surface area contributed by atoms with Crippen molar-refractivity contribution >= 4 is 16.9 Å². The molecule has 0 saturated carbocycles. The molecule has 0 aliphatic heterocycles. The Morgan fingerprint density at radius 1 is 1.17 bits per heavy atom. The lowest BCUT2D eigenvalue weighted by molar-refractivity contribution is 0.294. The Bertz CT molecular complexity index is 844. The molecule has 0 amide bonds. The maximum atomic E-state index is 5.84. The number of hydrogen-bond acceptors (Lipinski definition) is 4. The molecule has 0 fully saturated rings. The number of nitrogens with zero attached hydrogens (tertiary/aromatic N) is 3. The number of fused-ring (bicyclic) bond motifs is 1. The summed E-state index contributed by atoms with van der Waals surface area (Å²) in [6, 6.07) is 9.52. The van der Waals surface area contributed by atoms with Crippen molar-refractivity contribution in [2.24, 2.45) is 0 Å². The van der Waals surface area contributed by atoms with E-state index in [0.29, 0.717) is 13.2 Å². The molecule has 0 unspecified atom stereocenters. The van der Waals surface area contributed by atoms with Crippen LogP contribution in [0.3, 0.4) is 0 Å². The molecular weight excluding hydrogens is 300 g/mol. The summed E-state index contributed by atoms with van der Waals surface area (Å²) in [5.41, 5.74) is 9.34. The van der Waals surface area contributed by atoms with Gasteiger partial charge in [-0.3, -0.25) is 0 Å². The van der Waals surface area contributed by atoms with Gasteiger partial charge in [-0.05, 0) is 42.8 Å². The zero-order chi connectivity index (χ0) is 17.3. The number of aromatic nitrogens is 3. The Kier molecular flexibility index (Phi) is 4.18. The van der Waals surface area contributed by atoms with Crippen LogP contribution in [0, 0.1) is 6.92 Å². The molecule has 2 N–H and O–H groups in total. The van der Waals surface area contributed by atoms with Crippen LogP contribution in [0.25, 0.3) is 11.2 Å². The smallest absolute Gasteiger partial charge is 0.160 e. The van der Waals surface area contributed by atoms with Crippen molar-refractivity contribution in [3.63, 3.8) is 0 Å². The first-order valence-corrected chi connectivity index (χ1v) is 8.16. The lowest BCUT2D eigenvalue weighted by Crippen LogP contribution is -2.21. The van der Waals surface area contributed by atoms with Crippen LogP contribution in [-0.2, 0) is 12.0 Å². The summed E-state index contributed by atoms with van der Waals surface area (Å²) < 4.78 is 8.00. The Labute approximate surface area is 142 Å². The van der Waals surface area contributed by atoms with Crippen molar-refractivity contribution in [1.29, 1.82) is 0 Å². The van der Waals surface area contributed by atoms with Crippen molar-refractivity contribution < 1.29 is 4.74 Å². The molecular formula is C19H24N4O. The molecule has 0 radical (unpaired) electrons. The third-order valence-electron chi connectivity index (χ3n) is 3.86. The summed E-state index contributed by atoms with van der Waals surface area (Å²) in [5.74, 6) is 1.84. The number of nitrogens with two attached hydrogens (primary N) is 1. The molecule has 1 aromatic carbocycles. The second kappa shape index (κ2) is 6.15. The highest BCUT2D eigenvalue weighted by Gasteiger charge is 2.23. The molecule has 5 heteroatoms. The van der Waals surface area contributed by atoms with Crippen molar-refractivity contribution in [2.45, 2.75) is 39.7 Å². The van der Waals surface area contributed by atoms with Gasteiger partial charge in [0.05, 0.1) is 6.54 Å². The highest BCUT2D eigenvalue weighted by Crippen LogP contribution is 2.26. The van der Waals surface area contributed by atoms with E-state index in [4.69, 9.17) is 15.5 Å². The van der Waals surface area contributed by atoms with E-state index in [9.17, 15) is 0 Å². The Hall–Kier alpha value is -2.56. The summed E-state index contributed by atoms with van der Waals surface area (Å²) in [6.45, 7) is 9.78. The van der Waals surface area contributed by atoms with Gasteiger partial charge in [-0.1, -0.05) is 20.8 Å². The summed E-state index contributed by atoms with van der Waals surface area (Å²) in [4.78, 5) is 9.39. The zero-order valence-electron chi connectivity index (χ0n) is 14.7. The molecule has 3 rings (SSSR count). The van der Waals surface area contributed by atoms with Gasteiger partial charge in [-0.15, -0.1) is 0 Å². The first-order valence-electron chi connectivity index (χ1n) is 8.16. The molecule has 24 heavy (non-hydrogen) atoms. The average Bonchev–Trinajstić information content (AvgIpc) is 2.87. The van der Waals surface area contributed by atoms with Crippen LogP contribution in [0.2, 0.25) is 0 Å². The molecule has 0 aliphatic rings. The summed E-state index contributed by atoms with van der Waals surface area (Å²) in [5, 5.41) is 0. The maximum absolute atomic E-state index is 5.84. The van der Waals surface area contributed by atoms with Crippen LogP contribution >= 0.6 is 0 Å². The number of aryl methyl sites for hydroxylation is 1. The van der Waals surface area contributed by atoms with E-state index in [0.717, 1.165) is 34.0 Å². The van der Waals surface area contributed by atoms with Gasteiger partial charge in [-0.25, -0.2) is 9.97 Å². The number of rotatable bonds is 4. The second-order valence-corrected chi connectivity index (χ2v) is 7.11. The van der Waals surface area contributed by atoms with E-state index in [2.05, 4.69) is 36.4 Å². The highest BCUT2D eigenvalue weighted by molar-refractivity contribution is 5.72. The number of benzene rings is 1. The van der Waals surface area contributed by atoms with Gasteiger partial charge in [0.15, 0.2) is 5.65 Å². The summed E-state index contributed by atoms with van der Waals surface area (Å²) >= 11 is 0. The Morgan fingerprint density at radius 2 is 1.88 bits per heavy atom. The van der Waals surface area contributed by atoms with Crippen molar-refractivity contribution in [2.75, 3.05) is 12.3 Å². The Morgan fingerprint density at radius 3 is 2.54 bits per heavy atom. The van der Waals surface area contributed by atoms with Crippen molar-refractivity contribution in [3.8, 4) is 5.75 Å². The predicted molar refractivity (Wildman–Crippen MR) is 97.3 cm³/mol. The van der Waals surface area contributed by atoms with Crippen LogP contribution < -0.4 is 10.5 Å². The first-order chi connectivity index (χ1) is 11.3. The molecule has 2 heterocycles. The van der Waals surface area contributed by atoms with Gasteiger partial charge in [0.25, 0.3) is 0 Å². The fourth-order valence-corrected chi connectivity index (χ4v) is 2.71. The van der Waals surface area contributed by atoms with E-state index >= 15 is 0 Å². The van der Waals surface area contributed by atoms with Crippen LogP contribution in [0.1, 0.15) is 32.2 Å². The van der Waals surface area contributed by atoms with E-state index in [-0.39, 0.29) is 5.41 Å². The molecule has 3 aromatic rings.